The molecule has 10 nitrogen and oxygen atoms in total. The summed E-state index contributed by atoms with van der Waals surface area (Å²) < 4.78 is 18.2. The lowest BCUT2D eigenvalue weighted by molar-refractivity contribution is -0.111. The van der Waals surface area contributed by atoms with Gasteiger partial charge in [0.05, 0.1) is 29.5 Å². The molecule has 0 saturated carbocycles. The van der Waals surface area contributed by atoms with E-state index in [1.807, 2.05) is 52.0 Å². The van der Waals surface area contributed by atoms with Crippen molar-refractivity contribution in [2.75, 3.05) is 31.3 Å². The third kappa shape index (κ3) is 5.35. The van der Waals surface area contributed by atoms with Crippen molar-refractivity contribution < 1.29 is 9.18 Å². The molecule has 0 saturated heterocycles. The number of pyridine rings is 1. The van der Waals surface area contributed by atoms with E-state index in [-0.39, 0.29) is 17.7 Å². The lowest BCUT2D eigenvalue weighted by Crippen LogP contribution is -2.13. The lowest BCUT2D eigenvalue weighted by atomic mass is 10.2. The van der Waals surface area contributed by atoms with E-state index in [1.165, 1.54) is 12.3 Å². The number of likely N-dealkylation sites (N-methyl/N-ethyl adjacent to an activating group) is 1. The van der Waals surface area contributed by atoms with Crippen LogP contribution in [0.4, 0.5) is 21.7 Å². The van der Waals surface area contributed by atoms with E-state index in [4.69, 9.17) is 0 Å². The zero-order valence-electron chi connectivity index (χ0n) is 20.4. The van der Waals surface area contributed by atoms with Gasteiger partial charge in [0.25, 0.3) is 0 Å². The number of hydrogen-bond acceptors (Lipinski definition) is 7. The van der Waals surface area contributed by atoms with Gasteiger partial charge < -0.3 is 15.5 Å². The smallest absolute Gasteiger partial charge is 0.248 e. The molecule has 11 heteroatoms. The van der Waals surface area contributed by atoms with Gasteiger partial charge in [0.1, 0.15) is 5.65 Å². The molecule has 0 atom stereocenters. The number of carbonyl (C=O) groups is 1. The summed E-state index contributed by atoms with van der Waals surface area (Å²) >= 11 is 0. The first-order valence-electron chi connectivity index (χ1n) is 11.2. The van der Waals surface area contributed by atoms with Crippen molar-refractivity contribution in [1.29, 1.82) is 0 Å². The average Bonchev–Trinajstić information content (AvgIpc) is 3.33. The highest BCUT2D eigenvalue weighted by Gasteiger charge is 2.16. The van der Waals surface area contributed by atoms with Gasteiger partial charge in [-0.05, 0) is 46.5 Å². The van der Waals surface area contributed by atoms with E-state index in [9.17, 15) is 9.18 Å². The second kappa shape index (κ2) is 10.0. The summed E-state index contributed by atoms with van der Waals surface area (Å²) in [4.78, 5) is 27.1. The first-order valence-corrected chi connectivity index (χ1v) is 11.2. The van der Waals surface area contributed by atoms with Crippen molar-refractivity contribution in [1.82, 2.24) is 34.2 Å². The molecule has 0 spiro atoms. The lowest BCUT2D eigenvalue weighted by Gasteiger charge is -2.09. The maximum absolute atomic E-state index is 14.8. The van der Waals surface area contributed by atoms with Crippen LogP contribution in [0.2, 0.25) is 0 Å². The Balaban J connectivity index is 1.62. The quantitative estimate of drug-likeness (QED) is 0.374. The molecule has 0 aromatic carbocycles. The van der Waals surface area contributed by atoms with Gasteiger partial charge in [0.2, 0.25) is 11.9 Å². The summed E-state index contributed by atoms with van der Waals surface area (Å²) in [6.45, 7) is 7.15. The van der Waals surface area contributed by atoms with Gasteiger partial charge in [-0.25, -0.2) is 14.4 Å². The second-order valence-corrected chi connectivity index (χ2v) is 8.41. The van der Waals surface area contributed by atoms with Gasteiger partial charge in [0.15, 0.2) is 11.6 Å². The van der Waals surface area contributed by atoms with Gasteiger partial charge in [0, 0.05) is 36.9 Å². The van der Waals surface area contributed by atoms with Crippen molar-refractivity contribution in [3.8, 4) is 5.82 Å². The summed E-state index contributed by atoms with van der Waals surface area (Å²) in [6.07, 6.45) is 9.54. The van der Waals surface area contributed by atoms with Gasteiger partial charge in [-0.3, -0.25) is 14.0 Å². The van der Waals surface area contributed by atoms with Crippen molar-refractivity contribution in [3.05, 3.63) is 60.1 Å². The molecule has 4 rings (SSSR count). The number of hydrogen-bond donors (Lipinski definition) is 2. The fourth-order valence-electron chi connectivity index (χ4n) is 3.56. The Morgan fingerprint density at radius 3 is 2.71 bits per heavy atom. The number of amides is 1. The minimum Gasteiger partial charge on any atom is -0.321 e. The Bertz CT molecular complexity index is 1400. The molecule has 0 aliphatic carbocycles. The molecule has 1 amide bonds. The number of aromatic nitrogens is 6. The third-order valence-corrected chi connectivity index (χ3v) is 5.32. The molecular formula is C24H28FN9O. The van der Waals surface area contributed by atoms with Crippen molar-refractivity contribution in [2.24, 2.45) is 0 Å². The van der Waals surface area contributed by atoms with Crippen molar-refractivity contribution >= 4 is 34.3 Å². The molecule has 0 radical (unpaired) electrons. The summed E-state index contributed by atoms with van der Waals surface area (Å²) in [5.41, 5.74) is 3.46. The van der Waals surface area contributed by atoms with E-state index in [0.717, 1.165) is 35.1 Å². The zero-order chi connectivity index (χ0) is 25.1. The highest BCUT2D eigenvalue weighted by molar-refractivity contribution is 6.00. The molecule has 2 N–H and O–H groups in total. The first kappa shape index (κ1) is 24.0. The number of halogens is 1. The Hall–Kier alpha value is -4.12. The number of fused-ring (bicyclic) bond motifs is 1. The standard InChI is InChI=1S/C24H28FN9O/c1-6-33-14-20(16(3)31-33)29-24-27-12-19(25)23(30-24)34-13-15(2)18-10-17(11-26-22(18)34)28-21(35)8-7-9-32(4)5/h7-8,10-14H,6,9H2,1-5H3,(H,28,35)(H,27,29,30)/b8-7+. The van der Waals surface area contributed by atoms with Crippen LogP contribution in [-0.4, -0.2) is 60.7 Å². The molecule has 0 bridgehead atoms. The third-order valence-electron chi connectivity index (χ3n) is 5.32. The van der Waals surface area contributed by atoms with Crippen LogP contribution in [0.3, 0.4) is 0 Å². The number of nitrogens with one attached hydrogen (secondary N) is 2. The highest BCUT2D eigenvalue weighted by Crippen LogP contribution is 2.26. The van der Waals surface area contributed by atoms with Crippen molar-refractivity contribution in [2.45, 2.75) is 27.3 Å². The molecule has 0 aliphatic heterocycles. The number of carbonyl (C=O) groups excluding carboxylic acids is 1. The number of rotatable bonds is 8. The average molecular weight is 478 g/mol. The number of aryl methyl sites for hydroxylation is 3. The van der Waals surface area contributed by atoms with Gasteiger partial charge in [-0.15, -0.1) is 0 Å². The van der Waals surface area contributed by atoms with Gasteiger partial charge in [-0.1, -0.05) is 6.08 Å². The normalized spacial score (nSPS) is 11.6. The van der Waals surface area contributed by atoms with E-state index in [1.54, 1.807) is 21.5 Å². The van der Waals surface area contributed by atoms with Crippen molar-refractivity contribution in [3.63, 3.8) is 0 Å². The van der Waals surface area contributed by atoms with Crippen LogP contribution in [0, 0.1) is 19.7 Å². The molecule has 0 unspecified atom stereocenters. The Morgan fingerprint density at radius 2 is 2.00 bits per heavy atom. The highest BCUT2D eigenvalue weighted by atomic mass is 19.1. The maximum Gasteiger partial charge on any atom is 0.248 e. The Morgan fingerprint density at radius 1 is 1.20 bits per heavy atom. The van der Waals surface area contributed by atoms with Crippen LogP contribution in [0.1, 0.15) is 18.2 Å². The van der Waals surface area contributed by atoms with E-state index >= 15 is 0 Å². The minimum atomic E-state index is -0.585. The van der Waals surface area contributed by atoms with Crippen LogP contribution in [0.25, 0.3) is 16.9 Å². The molecule has 0 aliphatic rings. The fraction of sp³-hybridized carbons (Fsp3) is 0.292. The summed E-state index contributed by atoms with van der Waals surface area (Å²) in [5.74, 6) is -0.520. The fourth-order valence-corrected chi connectivity index (χ4v) is 3.56. The predicted octanol–water partition coefficient (Wildman–Crippen LogP) is 3.59. The SMILES string of the molecule is CCn1cc(Nc2ncc(F)c(-n3cc(C)c4cc(NC(=O)/C=C/CN(C)C)cnc43)n2)c(C)n1. The van der Waals surface area contributed by atoms with E-state index in [0.29, 0.717) is 17.9 Å². The molecule has 4 aromatic rings. The second-order valence-electron chi connectivity index (χ2n) is 8.41. The van der Waals surface area contributed by atoms with Crippen LogP contribution >= 0.6 is 0 Å². The molecular weight excluding hydrogens is 449 g/mol. The maximum atomic E-state index is 14.8. The topological polar surface area (TPSA) is 106 Å². The largest absolute Gasteiger partial charge is 0.321 e. The molecule has 35 heavy (non-hydrogen) atoms. The van der Waals surface area contributed by atoms with Crippen LogP contribution in [0.15, 0.2) is 43.0 Å². The predicted molar refractivity (Wildman–Crippen MR) is 134 cm³/mol. The Labute approximate surface area is 202 Å². The van der Waals surface area contributed by atoms with E-state index in [2.05, 4.69) is 30.7 Å². The summed E-state index contributed by atoms with van der Waals surface area (Å²) in [6, 6.07) is 1.81. The van der Waals surface area contributed by atoms with Gasteiger partial charge in [-0.2, -0.15) is 10.1 Å². The van der Waals surface area contributed by atoms with Gasteiger partial charge >= 0.3 is 0 Å². The number of anilines is 3. The molecule has 4 aromatic heterocycles. The summed E-state index contributed by atoms with van der Waals surface area (Å²) in [5, 5.41) is 11.1. The number of nitrogens with zero attached hydrogens (tertiary/aromatic N) is 7. The zero-order valence-corrected chi connectivity index (χ0v) is 20.4. The van der Waals surface area contributed by atoms with E-state index < -0.39 is 5.82 Å². The minimum absolute atomic E-state index is 0.0667. The van der Waals surface area contributed by atoms with Crippen LogP contribution in [-0.2, 0) is 11.3 Å². The Kier molecular flexibility index (Phi) is 6.87. The monoisotopic (exact) mass is 477 g/mol. The molecule has 0 fully saturated rings. The molecule has 182 valence electrons. The molecule has 4 heterocycles. The summed E-state index contributed by atoms with van der Waals surface area (Å²) in [7, 11) is 3.85. The van der Waals surface area contributed by atoms with Crippen LogP contribution < -0.4 is 10.6 Å². The first-order chi connectivity index (χ1) is 16.7. The van der Waals surface area contributed by atoms with Crippen LogP contribution in [0.5, 0.6) is 0 Å².